The van der Waals surface area contributed by atoms with Crippen molar-refractivity contribution in [3.63, 3.8) is 0 Å². The molecule has 0 aliphatic heterocycles. The van der Waals surface area contributed by atoms with E-state index in [2.05, 4.69) is 51.9 Å². The first-order valence-corrected chi connectivity index (χ1v) is 11.9. The summed E-state index contributed by atoms with van der Waals surface area (Å²) in [6, 6.07) is 0. The number of hydrogen-bond acceptors (Lipinski definition) is 3. The Labute approximate surface area is 110 Å². The van der Waals surface area contributed by atoms with E-state index in [9.17, 15) is 0 Å². The van der Waals surface area contributed by atoms with E-state index < -0.39 is 16.8 Å². The Morgan fingerprint density at radius 3 is 1.65 bits per heavy atom. The molecule has 0 amide bonds. The summed E-state index contributed by atoms with van der Waals surface area (Å²) in [5.41, 5.74) is 0. The lowest BCUT2D eigenvalue weighted by Gasteiger charge is -2.47. The summed E-state index contributed by atoms with van der Waals surface area (Å²) in [7, 11) is 0.0681. The van der Waals surface area contributed by atoms with Crippen molar-refractivity contribution >= 4 is 16.8 Å². The Morgan fingerprint density at radius 2 is 1.41 bits per heavy atom. The van der Waals surface area contributed by atoms with Gasteiger partial charge >= 0.3 is 8.56 Å². The van der Waals surface area contributed by atoms with Crippen LogP contribution in [0.3, 0.4) is 0 Å². The Balaban J connectivity index is 4.98. The lowest BCUT2D eigenvalue weighted by molar-refractivity contribution is 0.233. The van der Waals surface area contributed by atoms with Crippen molar-refractivity contribution in [1.29, 1.82) is 0 Å². The maximum absolute atomic E-state index is 5.62. The Hall–Kier alpha value is 0.314. The maximum Gasteiger partial charge on any atom is 0.348 e. The van der Waals surface area contributed by atoms with Crippen LogP contribution in [0.5, 0.6) is 0 Å². The molecule has 5 heteroatoms. The smallest absolute Gasteiger partial charge is 0.348 e. The molecular formula is C12H31NO2Si2. The van der Waals surface area contributed by atoms with Gasteiger partial charge in [-0.25, -0.2) is 0 Å². The van der Waals surface area contributed by atoms with E-state index in [0.717, 1.165) is 12.7 Å². The molecule has 0 aromatic carbocycles. The highest BCUT2D eigenvalue weighted by atomic mass is 28.4. The van der Waals surface area contributed by atoms with Crippen molar-refractivity contribution in [2.45, 2.75) is 52.4 Å². The summed E-state index contributed by atoms with van der Waals surface area (Å²) in [6.07, 6.45) is 0.965. The third kappa shape index (κ3) is 4.17. The highest BCUT2D eigenvalue weighted by molar-refractivity contribution is 6.79. The van der Waals surface area contributed by atoms with Crippen LogP contribution >= 0.6 is 0 Å². The van der Waals surface area contributed by atoms with E-state index in [0.29, 0.717) is 5.04 Å². The van der Waals surface area contributed by atoms with Gasteiger partial charge < -0.3 is 13.4 Å². The summed E-state index contributed by atoms with van der Waals surface area (Å²) >= 11 is 0. The zero-order chi connectivity index (χ0) is 13.9. The molecule has 0 N–H and O–H groups in total. The molecule has 0 saturated carbocycles. The third-order valence-corrected chi connectivity index (χ3v) is 13.1. The summed E-state index contributed by atoms with van der Waals surface area (Å²) in [5.74, 6) is 0. The second-order valence-electron chi connectivity index (χ2n) is 6.37. The number of hydrogen-bond donors (Lipinski definition) is 0. The van der Waals surface area contributed by atoms with Gasteiger partial charge in [0.25, 0.3) is 0 Å². The fraction of sp³-hybridized carbons (Fsp3) is 1.00. The first-order valence-electron chi connectivity index (χ1n) is 6.39. The lowest BCUT2D eigenvalue weighted by atomic mass is 10.2. The normalized spacial score (nSPS) is 14.5. The molecule has 0 unspecified atom stereocenters. The zero-order valence-electron chi connectivity index (χ0n) is 13.2. The van der Waals surface area contributed by atoms with Gasteiger partial charge in [0.05, 0.1) is 0 Å². The second-order valence-corrected chi connectivity index (χ2v) is 15.0. The van der Waals surface area contributed by atoms with Crippen LogP contribution in [0, 0.1) is 0 Å². The highest BCUT2D eigenvalue weighted by Crippen LogP contribution is 2.38. The minimum absolute atomic E-state index is 0.361. The van der Waals surface area contributed by atoms with E-state index >= 15 is 0 Å². The average Bonchev–Trinajstić information content (AvgIpc) is 2.23. The molecule has 17 heavy (non-hydrogen) atoms. The molecule has 0 spiro atoms. The van der Waals surface area contributed by atoms with Crippen molar-refractivity contribution in [2.75, 3.05) is 26.9 Å². The van der Waals surface area contributed by atoms with E-state index in [1.165, 1.54) is 0 Å². The molecule has 104 valence electrons. The predicted octanol–water partition coefficient (Wildman–Crippen LogP) is 3.22. The van der Waals surface area contributed by atoms with E-state index in [-0.39, 0.29) is 0 Å². The molecule has 0 radical (unpaired) electrons. The standard InChI is InChI=1S/C12H31NO2Si2/c1-10-13(11-17(9,14-5)15-6)16(7,8)12(2,3)4/h10-11H2,1-9H3. The van der Waals surface area contributed by atoms with Crippen molar-refractivity contribution in [1.82, 2.24) is 4.57 Å². The molecule has 0 saturated heterocycles. The van der Waals surface area contributed by atoms with Crippen molar-refractivity contribution in [3.8, 4) is 0 Å². The molecule has 0 heterocycles. The minimum Gasteiger partial charge on any atom is -0.397 e. The fourth-order valence-corrected chi connectivity index (χ4v) is 7.26. The second kappa shape index (κ2) is 5.97. The maximum atomic E-state index is 5.62. The molecule has 0 bridgehead atoms. The number of nitrogens with zero attached hydrogens (tertiary/aromatic N) is 1. The van der Waals surface area contributed by atoms with Gasteiger partial charge in [0.15, 0.2) is 0 Å². The average molecular weight is 278 g/mol. The van der Waals surface area contributed by atoms with Gasteiger partial charge in [0, 0.05) is 20.4 Å². The fourth-order valence-electron chi connectivity index (χ4n) is 1.74. The zero-order valence-corrected chi connectivity index (χ0v) is 15.2. The lowest BCUT2D eigenvalue weighted by Crippen LogP contribution is -2.61. The van der Waals surface area contributed by atoms with Crippen LogP contribution in [0.25, 0.3) is 0 Å². The van der Waals surface area contributed by atoms with Crippen LogP contribution in [-0.2, 0) is 8.85 Å². The van der Waals surface area contributed by atoms with Gasteiger partial charge in [-0.1, -0.05) is 40.8 Å². The Kier molecular flexibility index (Phi) is 6.08. The molecule has 0 atom stereocenters. The molecule has 3 nitrogen and oxygen atoms in total. The largest absolute Gasteiger partial charge is 0.397 e. The van der Waals surface area contributed by atoms with Crippen molar-refractivity contribution in [3.05, 3.63) is 0 Å². The predicted molar refractivity (Wildman–Crippen MR) is 80.1 cm³/mol. The number of rotatable bonds is 6. The molecular weight excluding hydrogens is 246 g/mol. The molecule has 0 rings (SSSR count). The molecule has 0 aromatic rings. The molecule has 0 aliphatic rings. The minimum atomic E-state index is -2.01. The summed E-state index contributed by atoms with van der Waals surface area (Å²) < 4.78 is 13.9. The summed E-state index contributed by atoms with van der Waals surface area (Å²) in [6.45, 7) is 17.4. The van der Waals surface area contributed by atoms with E-state index in [1.54, 1.807) is 14.2 Å². The van der Waals surface area contributed by atoms with Crippen LogP contribution in [0.1, 0.15) is 27.7 Å². The monoisotopic (exact) mass is 277 g/mol. The molecule has 0 fully saturated rings. The van der Waals surface area contributed by atoms with Gasteiger partial charge in [0.1, 0.15) is 8.24 Å². The van der Waals surface area contributed by atoms with Gasteiger partial charge in [-0.2, -0.15) is 0 Å². The van der Waals surface area contributed by atoms with E-state index in [4.69, 9.17) is 8.85 Å². The Bertz CT molecular complexity index is 235. The third-order valence-electron chi connectivity index (χ3n) is 4.35. The van der Waals surface area contributed by atoms with Gasteiger partial charge in [-0.15, -0.1) is 0 Å². The van der Waals surface area contributed by atoms with Crippen molar-refractivity contribution < 1.29 is 8.85 Å². The highest BCUT2D eigenvalue weighted by Gasteiger charge is 2.44. The molecule has 0 aromatic heterocycles. The molecule has 0 aliphatic carbocycles. The first kappa shape index (κ1) is 17.3. The van der Waals surface area contributed by atoms with Crippen molar-refractivity contribution in [2.24, 2.45) is 0 Å². The SMILES string of the molecule is CCN(C[Si](C)(OC)OC)[Si](C)(C)C(C)(C)C. The van der Waals surface area contributed by atoms with Crippen LogP contribution in [0.4, 0.5) is 0 Å². The quantitative estimate of drug-likeness (QED) is 0.696. The Morgan fingerprint density at radius 1 is 1.00 bits per heavy atom. The first-order chi connectivity index (χ1) is 7.54. The summed E-state index contributed by atoms with van der Waals surface area (Å²) in [5, 5.41) is 0.361. The van der Waals surface area contributed by atoms with Gasteiger partial charge in [0.2, 0.25) is 0 Å². The summed E-state index contributed by atoms with van der Waals surface area (Å²) in [4.78, 5) is 0. The van der Waals surface area contributed by atoms with Crippen LogP contribution < -0.4 is 0 Å². The van der Waals surface area contributed by atoms with E-state index in [1.807, 2.05) is 0 Å². The van der Waals surface area contributed by atoms with Crippen LogP contribution in [0.15, 0.2) is 0 Å². The topological polar surface area (TPSA) is 21.7 Å². The van der Waals surface area contributed by atoms with Gasteiger partial charge in [-0.3, -0.25) is 0 Å². The van der Waals surface area contributed by atoms with Gasteiger partial charge in [-0.05, 0) is 18.1 Å². The van der Waals surface area contributed by atoms with Crippen LogP contribution in [0.2, 0.25) is 24.7 Å². The van der Waals surface area contributed by atoms with Crippen LogP contribution in [-0.4, -0.2) is 48.3 Å².